The molecule has 6 nitrogen and oxygen atoms in total. The van der Waals surface area contributed by atoms with Gasteiger partial charge < -0.3 is 10.6 Å². The van der Waals surface area contributed by atoms with E-state index < -0.39 is 10.0 Å². The van der Waals surface area contributed by atoms with Crippen molar-refractivity contribution in [3.63, 3.8) is 0 Å². The lowest BCUT2D eigenvalue weighted by Gasteiger charge is -2.25. The smallest absolute Gasteiger partial charge is 0.232 e. The van der Waals surface area contributed by atoms with Crippen molar-refractivity contribution in [3.8, 4) is 0 Å². The maximum Gasteiger partial charge on any atom is 0.232 e. The fourth-order valence-electron chi connectivity index (χ4n) is 1.53. The second-order valence-electron chi connectivity index (χ2n) is 4.37. The number of nitrogen functional groups attached to an aromatic ring is 1. The van der Waals surface area contributed by atoms with Crippen LogP contribution in [-0.4, -0.2) is 45.6 Å². The van der Waals surface area contributed by atoms with Crippen LogP contribution in [0.2, 0.25) is 0 Å². The van der Waals surface area contributed by atoms with Crippen molar-refractivity contribution in [2.45, 2.75) is 6.92 Å². The van der Waals surface area contributed by atoms with Gasteiger partial charge in [-0.25, -0.2) is 8.42 Å². The number of likely N-dealkylation sites (N-methyl/N-ethyl adjacent to an activating group) is 1. The first-order chi connectivity index (χ1) is 8.71. The van der Waals surface area contributed by atoms with Crippen LogP contribution in [0.3, 0.4) is 0 Å². The Balaban J connectivity index is 2.91. The second-order valence-corrected chi connectivity index (χ2v) is 6.27. The molecule has 0 aliphatic rings. The minimum Gasteiger partial charge on any atom is -0.399 e. The van der Waals surface area contributed by atoms with E-state index in [9.17, 15) is 13.2 Å². The summed E-state index contributed by atoms with van der Waals surface area (Å²) in [5.74, 6) is -0.106. The number of nitrogens with zero attached hydrogens (tertiary/aromatic N) is 2. The minimum atomic E-state index is -3.40. The molecule has 0 unspecified atom stereocenters. The maximum absolute atomic E-state index is 11.8. The first-order valence-electron chi connectivity index (χ1n) is 5.77. The summed E-state index contributed by atoms with van der Waals surface area (Å²) in [6.07, 6.45) is 1.14. The molecule has 0 saturated carbocycles. The molecule has 0 radical (unpaired) electrons. The van der Waals surface area contributed by atoms with Crippen molar-refractivity contribution in [1.29, 1.82) is 0 Å². The lowest BCUT2D eigenvalue weighted by Crippen LogP contribution is -2.38. The standard InChI is InChI=1S/C12H19N3O3S/c1-10(16)14(2)8-9-15(19(3,17)18)12-6-4-11(13)5-7-12/h4-7H,8-9,13H2,1-3H3. The molecule has 7 heteroatoms. The van der Waals surface area contributed by atoms with Crippen molar-refractivity contribution < 1.29 is 13.2 Å². The molecule has 0 spiro atoms. The molecule has 0 heterocycles. The summed E-state index contributed by atoms with van der Waals surface area (Å²) < 4.78 is 24.8. The lowest BCUT2D eigenvalue weighted by molar-refractivity contribution is -0.127. The molecule has 1 rings (SSSR count). The zero-order valence-corrected chi connectivity index (χ0v) is 12.1. The Hall–Kier alpha value is -1.76. The van der Waals surface area contributed by atoms with Crippen LogP contribution in [0.4, 0.5) is 11.4 Å². The van der Waals surface area contributed by atoms with Crippen molar-refractivity contribution >= 4 is 27.3 Å². The molecule has 19 heavy (non-hydrogen) atoms. The summed E-state index contributed by atoms with van der Waals surface area (Å²) in [6, 6.07) is 6.57. The number of nitrogens with two attached hydrogens (primary N) is 1. The Morgan fingerprint density at radius 1 is 1.21 bits per heavy atom. The molecule has 0 aromatic heterocycles. The third-order valence-corrected chi connectivity index (χ3v) is 3.95. The Bertz CT molecular complexity index is 540. The van der Waals surface area contributed by atoms with Gasteiger partial charge in [-0.15, -0.1) is 0 Å². The fourth-order valence-corrected chi connectivity index (χ4v) is 2.44. The zero-order chi connectivity index (χ0) is 14.6. The number of carbonyl (C=O) groups is 1. The molecule has 2 N–H and O–H groups in total. The normalized spacial score (nSPS) is 11.1. The number of sulfonamides is 1. The Morgan fingerprint density at radius 3 is 2.16 bits per heavy atom. The highest BCUT2D eigenvalue weighted by molar-refractivity contribution is 7.92. The highest BCUT2D eigenvalue weighted by Crippen LogP contribution is 2.18. The Kier molecular flexibility index (Phi) is 4.77. The first kappa shape index (κ1) is 15.3. The van der Waals surface area contributed by atoms with Crippen molar-refractivity contribution in [1.82, 2.24) is 4.90 Å². The van der Waals surface area contributed by atoms with Crippen LogP contribution >= 0.6 is 0 Å². The summed E-state index contributed by atoms with van der Waals surface area (Å²) in [7, 11) is -1.77. The number of benzene rings is 1. The van der Waals surface area contributed by atoms with Gasteiger partial charge in [0.15, 0.2) is 0 Å². The summed E-state index contributed by atoms with van der Waals surface area (Å²) >= 11 is 0. The van der Waals surface area contributed by atoms with Crippen LogP contribution in [0.1, 0.15) is 6.92 Å². The van der Waals surface area contributed by atoms with E-state index in [1.165, 1.54) is 16.1 Å². The van der Waals surface area contributed by atoms with Gasteiger partial charge in [0, 0.05) is 26.2 Å². The third-order valence-electron chi connectivity index (χ3n) is 2.76. The van der Waals surface area contributed by atoms with Gasteiger partial charge in [0.2, 0.25) is 15.9 Å². The predicted octanol–water partition coefficient (Wildman–Crippen LogP) is 0.513. The van der Waals surface area contributed by atoms with E-state index in [0.29, 0.717) is 17.9 Å². The monoisotopic (exact) mass is 285 g/mol. The number of hydrogen-bond donors (Lipinski definition) is 1. The molecule has 106 valence electrons. The molecular weight excluding hydrogens is 266 g/mol. The summed E-state index contributed by atoms with van der Waals surface area (Å²) in [5, 5.41) is 0. The van der Waals surface area contributed by atoms with Gasteiger partial charge in [-0.3, -0.25) is 9.10 Å². The highest BCUT2D eigenvalue weighted by atomic mass is 32.2. The molecule has 0 atom stereocenters. The maximum atomic E-state index is 11.8. The largest absolute Gasteiger partial charge is 0.399 e. The van der Waals surface area contributed by atoms with E-state index in [1.807, 2.05) is 0 Å². The number of amides is 1. The zero-order valence-electron chi connectivity index (χ0n) is 11.3. The second kappa shape index (κ2) is 5.92. The molecule has 0 saturated heterocycles. The molecule has 1 aromatic carbocycles. The van der Waals surface area contributed by atoms with E-state index in [1.54, 1.807) is 31.3 Å². The molecule has 0 aliphatic carbocycles. The summed E-state index contributed by atoms with van der Waals surface area (Å²) in [6.45, 7) is 1.97. The number of hydrogen-bond acceptors (Lipinski definition) is 4. The average molecular weight is 285 g/mol. The number of carbonyl (C=O) groups excluding carboxylic acids is 1. The van der Waals surface area contributed by atoms with Crippen LogP contribution in [0.25, 0.3) is 0 Å². The Labute approximate surface area is 113 Å². The van der Waals surface area contributed by atoms with E-state index in [2.05, 4.69) is 0 Å². The fraction of sp³-hybridized carbons (Fsp3) is 0.417. The van der Waals surface area contributed by atoms with Crippen molar-refractivity contribution in [3.05, 3.63) is 24.3 Å². The average Bonchev–Trinajstić information content (AvgIpc) is 2.29. The van der Waals surface area contributed by atoms with Crippen LogP contribution < -0.4 is 10.0 Å². The van der Waals surface area contributed by atoms with E-state index in [-0.39, 0.29) is 12.5 Å². The van der Waals surface area contributed by atoms with Gasteiger partial charge in [0.25, 0.3) is 0 Å². The van der Waals surface area contributed by atoms with Gasteiger partial charge in [-0.2, -0.15) is 0 Å². The van der Waals surface area contributed by atoms with Crippen LogP contribution in [-0.2, 0) is 14.8 Å². The number of rotatable bonds is 5. The quantitative estimate of drug-likeness (QED) is 0.799. The number of anilines is 2. The summed E-state index contributed by atoms with van der Waals surface area (Å²) in [4.78, 5) is 12.6. The van der Waals surface area contributed by atoms with Crippen LogP contribution in [0, 0.1) is 0 Å². The third kappa shape index (κ3) is 4.44. The minimum absolute atomic E-state index is 0.106. The molecule has 0 bridgehead atoms. The van der Waals surface area contributed by atoms with Crippen LogP contribution in [0.5, 0.6) is 0 Å². The Morgan fingerprint density at radius 2 is 1.74 bits per heavy atom. The van der Waals surface area contributed by atoms with Gasteiger partial charge in [0.1, 0.15) is 0 Å². The molecule has 0 fully saturated rings. The van der Waals surface area contributed by atoms with Crippen molar-refractivity contribution in [2.75, 3.05) is 36.4 Å². The van der Waals surface area contributed by atoms with Gasteiger partial charge in [-0.05, 0) is 24.3 Å². The van der Waals surface area contributed by atoms with Gasteiger partial charge in [0.05, 0.1) is 18.5 Å². The summed E-state index contributed by atoms with van der Waals surface area (Å²) in [5.41, 5.74) is 6.68. The highest BCUT2D eigenvalue weighted by Gasteiger charge is 2.18. The van der Waals surface area contributed by atoms with E-state index in [4.69, 9.17) is 5.73 Å². The molecule has 1 amide bonds. The predicted molar refractivity (Wildman–Crippen MR) is 76.4 cm³/mol. The molecular formula is C12H19N3O3S. The van der Waals surface area contributed by atoms with Crippen LogP contribution in [0.15, 0.2) is 24.3 Å². The SMILES string of the molecule is CC(=O)N(C)CCN(c1ccc(N)cc1)S(C)(=O)=O. The van der Waals surface area contributed by atoms with Gasteiger partial charge >= 0.3 is 0 Å². The van der Waals surface area contributed by atoms with E-state index >= 15 is 0 Å². The topological polar surface area (TPSA) is 83.7 Å². The van der Waals surface area contributed by atoms with Crippen molar-refractivity contribution in [2.24, 2.45) is 0 Å². The first-order valence-corrected chi connectivity index (χ1v) is 7.61. The lowest BCUT2D eigenvalue weighted by atomic mass is 10.3. The van der Waals surface area contributed by atoms with E-state index in [0.717, 1.165) is 6.26 Å². The molecule has 0 aliphatic heterocycles. The van der Waals surface area contributed by atoms with Gasteiger partial charge in [-0.1, -0.05) is 0 Å². The molecule has 1 aromatic rings.